The summed E-state index contributed by atoms with van der Waals surface area (Å²) < 4.78 is 5.35. The maximum absolute atomic E-state index is 14.2. The van der Waals surface area contributed by atoms with Crippen molar-refractivity contribution in [2.24, 2.45) is 5.73 Å². The van der Waals surface area contributed by atoms with Crippen LogP contribution in [0.5, 0.6) is 0 Å². The molecular formula is C32H46N4O5. The summed E-state index contributed by atoms with van der Waals surface area (Å²) >= 11 is 0. The maximum Gasteiger partial charge on any atom is 0.408 e. The number of unbranched alkanes of at least 4 members (excludes halogenated alkanes) is 3. The highest BCUT2D eigenvalue weighted by Crippen LogP contribution is 2.28. The van der Waals surface area contributed by atoms with Gasteiger partial charge in [0.15, 0.2) is 0 Å². The fourth-order valence-electron chi connectivity index (χ4n) is 4.55. The average molecular weight is 567 g/mol. The zero-order valence-corrected chi connectivity index (χ0v) is 25.5. The largest absolute Gasteiger partial charge is 0.444 e. The Kier molecular flexibility index (Phi) is 12.4. The number of aryl methyl sites for hydroxylation is 3. The van der Waals surface area contributed by atoms with Crippen LogP contribution in [0.25, 0.3) is 0 Å². The number of carbonyl (C=O) groups excluding carboxylic acids is 4. The predicted octanol–water partition coefficient (Wildman–Crippen LogP) is 5.47. The molecule has 0 saturated carbocycles. The van der Waals surface area contributed by atoms with Crippen LogP contribution in [0.15, 0.2) is 42.5 Å². The summed E-state index contributed by atoms with van der Waals surface area (Å²) in [6.45, 7) is 13.2. The molecule has 0 fully saturated rings. The average Bonchev–Trinajstić information content (AvgIpc) is 2.86. The molecule has 0 saturated heterocycles. The van der Waals surface area contributed by atoms with Gasteiger partial charge in [0.05, 0.1) is 6.42 Å². The number of primary amides is 1. The number of hydrogen-bond acceptors (Lipinski definition) is 5. The number of carbonyl (C=O) groups is 4. The van der Waals surface area contributed by atoms with Crippen molar-refractivity contribution in [1.82, 2.24) is 10.2 Å². The summed E-state index contributed by atoms with van der Waals surface area (Å²) in [5, 5.41) is 5.57. The summed E-state index contributed by atoms with van der Waals surface area (Å²) in [6, 6.07) is 10.8. The number of hydrogen-bond donors (Lipinski definition) is 3. The van der Waals surface area contributed by atoms with E-state index in [9.17, 15) is 19.2 Å². The second-order valence-electron chi connectivity index (χ2n) is 11.5. The van der Waals surface area contributed by atoms with E-state index in [1.165, 1.54) is 4.90 Å². The molecule has 9 heteroatoms. The number of rotatable bonds is 13. The van der Waals surface area contributed by atoms with Crippen molar-refractivity contribution in [1.29, 1.82) is 0 Å². The molecule has 2 aromatic rings. The van der Waals surface area contributed by atoms with E-state index in [4.69, 9.17) is 10.5 Å². The molecule has 2 aromatic carbocycles. The highest BCUT2D eigenvalue weighted by Gasteiger charge is 2.37. The minimum Gasteiger partial charge on any atom is -0.444 e. The third-order valence-corrected chi connectivity index (χ3v) is 6.61. The van der Waals surface area contributed by atoms with E-state index >= 15 is 0 Å². The van der Waals surface area contributed by atoms with Gasteiger partial charge in [0.25, 0.3) is 5.91 Å². The smallest absolute Gasteiger partial charge is 0.408 e. The van der Waals surface area contributed by atoms with Crippen molar-refractivity contribution in [2.75, 3.05) is 11.9 Å². The van der Waals surface area contributed by atoms with Gasteiger partial charge < -0.3 is 26.0 Å². The van der Waals surface area contributed by atoms with Gasteiger partial charge in [-0.1, -0.05) is 74.2 Å². The van der Waals surface area contributed by atoms with Crippen LogP contribution in [0.4, 0.5) is 10.5 Å². The zero-order chi connectivity index (χ0) is 30.7. The monoisotopic (exact) mass is 566 g/mol. The van der Waals surface area contributed by atoms with Crippen LogP contribution in [0.1, 0.15) is 88.1 Å². The fourth-order valence-corrected chi connectivity index (χ4v) is 4.55. The lowest BCUT2D eigenvalue weighted by atomic mass is 9.99. The second kappa shape index (κ2) is 15.2. The van der Waals surface area contributed by atoms with Crippen LogP contribution in [0.2, 0.25) is 0 Å². The zero-order valence-electron chi connectivity index (χ0n) is 25.5. The fraction of sp³-hybridized carbons (Fsp3) is 0.500. The molecule has 2 rings (SSSR count). The van der Waals surface area contributed by atoms with Gasteiger partial charge >= 0.3 is 6.09 Å². The number of ether oxygens (including phenoxy) is 1. The standard InChI is InChI=1S/C32H46N4O5/c1-8-9-10-11-19-36(30(39)25(20-26(33)37)34-31(40)41-32(5,6)7)28(24-17-15-21(2)16-18-24)29(38)35-27-22(3)13-12-14-23(27)4/h12-18,25,28H,8-11,19-20H2,1-7H3,(H2,33,37)(H,34,40)(H,35,38). The number of nitrogens with zero attached hydrogens (tertiary/aromatic N) is 1. The molecule has 0 aliphatic heterocycles. The topological polar surface area (TPSA) is 131 Å². The number of nitrogens with one attached hydrogen (secondary N) is 2. The Morgan fingerprint density at radius 2 is 1.54 bits per heavy atom. The Morgan fingerprint density at radius 3 is 2.07 bits per heavy atom. The van der Waals surface area contributed by atoms with E-state index in [0.29, 0.717) is 17.7 Å². The van der Waals surface area contributed by atoms with Crippen molar-refractivity contribution in [3.05, 3.63) is 64.7 Å². The first kappa shape index (κ1) is 33.3. The third kappa shape index (κ3) is 10.6. The summed E-state index contributed by atoms with van der Waals surface area (Å²) in [4.78, 5) is 54.4. The van der Waals surface area contributed by atoms with Crippen LogP contribution in [0, 0.1) is 20.8 Å². The molecule has 41 heavy (non-hydrogen) atoms. The van der Waals surface area contributed by atoms with E-state index in [-0.39, 0.29) is 6.54 Å². The number of para-hydroxylation sites is 1. The molecule has 4 amide bonds. The predicted molar refractivity (Wildman–Crippen MR) is 161 cm³/mol. The number of benzene rings is 2. The normalized spacial score (nSPS) is 12.7. The van der Waals surface area contributed by atoms with E-state index < -0.39 is 47.9 Å². The molecule has 2 atom stereocenters. The van der Waals surface area contributed by atoms with E-state index in [2.05, 4.69) is 17.6 Å². The third-order valence-electron chi connectivity index (χ3n) is 6.61. The first-order valence-electron chi connectivity index (χ1n) is 14.3. The minimum atomic E-state index is -1.31. The summed E-state index contributed by atoms with van der Waals surface area (Å²) in [5.74, 6) is -1.75. The van der Waals surface area contributed by atoms with Crippen molar-refractivity contribution in [3.63, 3.8) is 0 Å². The lowest BCUT2D eigenvalue weighted by Gasteiger charge is -2.34. The Hall–Kier alpha value is -3.88. The summed E-state index contributed by atoms with van der Waals surface area (Å²) in [6.07, 6.45) is 2.14. The Morgan fingerprint density at radius 1 is 0.927 bits per heavy atom. The quantitative estimate of drug-likeness (QED) is 0.277. The Labute approximate surface area is 244 Å². The molecule has 0 aliphatic rings. The van der Waals surface area contributed by atoms with Crippen LogP contribution in [-0.4, -0.2) is 46.9 Å². The molecule has 0 radical (unpaired) electrons. The van der Waals surface area contributed by atoms with Crippen LogP contribution in [0.3, 0.4) is 0 Å². The number of amides is 4. The number of anilines is 1. The van der Waals surface area contributed by atoms with Gasteiger partial charge in [-0.25, -0.2) is 4.79 Å². The van der Waals surface area contributed by atoms with Crippen molar-refractivity contribution in [3.8, 4) is 0 Å². The molecule has 0 aromatic heterocycles. The number of alkyl carbamates (subject to hydrolysis) is 1. The van der Waals surface area contributed by atoms with Crippen molar-refractivity contribution < 1.29 is 23.9 Å². The van der Waals surface area contributed by atoms with Gasteiger partial charge in [0.1, 0.15) is 17.7 Å². The van der Waals surface area contributed by atoms with Gasteiger partial charge in [-0.05, 0) is 64.7 Å². The second-order valence-corrected chi connectivity index (χ2v) is 11.5. The molecule has 9 nitrogen and oxygen atoms in total. The highest BCUT2D eigenvalue weighted by atomic mass is 16.6. The maximum atomic E-state index is 14.2. The van der Waals surface area contributed by atoms with Crippen LogP contribution in [-0.2, 0) is 19.1 Å². The number of nitrogens with two attached hydrogens (primary N) is 1. The molecule has 0 heterocycles. The van der Waals surface area contributed by atoms with Gasteiger partial charge in [0.2, 0.25) is 11.8 Å². The molecular weight excluding hydrogens is 520 g/mol. The van der Waals surface area contributed by atoms with E-state index in [0.717, 1.165) is 36.0 Å². The minimum absolute atomic E-state index is 0.239. The van der Waals surface area contributed by atoms with Gasteiger partial charge in [-0.3, -0.25) is 14.4 Å². The van der Waals surface area contributed by atoms with E-state index in [1.54, 1.807) is 20.8 Å². The first-order chi connectivity index (χ1) is 19.2. The summed E-state index contributed by atoms with van der Waals surface area (Å²) in [5.41, 5.74) is 8.74. The molecule has 4 N–H and O–H groups in total. The molecule has 0 aliphatic carbocycles. The Bertz CT molecular complexity index is 1180. The Balaban J connectivity index is 2.58. The van der Waals surface area contributed by atoms with Crippen molar-refractivity contribution >= 4 is 29.5 Å². The molecule has 0 spiro atoms. The highest BCUT2D eigenvalue weighted by molar-refractivity contribution is 6.00. The van der Waals surface area contributed by atoms with Crippen LogP contribution < -0.4 is 16.4 Å². The molecule has 2 unspecified atom stereocenters. The molecule has 0 bridgehead atoms. The SMILES string of the molecule is CCCCCCN(C(=O)C(CC(N)=O)NC(=O)OC(C)(C)C)C(C(=O)Nc1c(C)cccc1C)c1ccc(C)cc1. The summed E-state index contributed by atoms with van der Waals surface area (Å²) in [7, 11) is 0. The van der Waals surface area contributed by atoms with Gasteiger partial charge in [-0.15, -0.1) is 0 Å². The molecule has 224 valence electrons. The van der Waals surface area contributed by atoms with Gasteiger partial charge in [0, 0.05) is 12.2 Å². The van der Waals surface area contributed by atoms with Crippen molar-refractivity contribution in [2.45, 2.75) is 98.3 Å². The lowest BCUT2D eigenvalue weighted by molar-refractivity contribution is -0.142. The first-order valence-corrected chi connectivity index (χ1v) is 14.3. The lowest BCUT2D eigenvalue weighted by Crippen LogP contribution is -2.53. The van der Waals surface area contributed by atoms with E-state index in [1.807, 2.05) is 63.2 Å². The van der Waals surface area contributed by atoms with Gasteiger partial charge in [-0.2, -0.15) is 0 Å². The van der Waals surface area contributed by atoms with Crippen LogP contribution >= 0.6 is 0 Å².